The van der Waals surface area contributed by atoms with Crippen LogP contribution in [0.15, 0.2) is 64.5 Å². The van der Waals surface area contributed by atoms with Gasteiger partial charge in [-0.3, -0.25) is 9.89 Å². The number of rotatable bonds is 10. The summed E-state index contributed by atoms with van der Waals surface area (Å²) in [7, 11) is 0.0294. The topological polar surface area (TPSA) is 73.8 Å². The van der Waals surface area contributed by atoms with E-state index in [1.807, 2.05) is 18.2 Å². The molecule has 0 aliphatic heterocycles. The molecule has 0 aliphatic rings. The van der Waals surface area contributed by atoms with E-state index < -0.39 is 15.7 Å². The van der Waals surface area contributed by atoms with E-state index in [2.05, 4.69) is 46.6 Å². The Morgan fingerprint density at radius 2 is 1.68 bits per heavy atom. The summed E-state index contributed by atoms with van der Waals surface area (Å²) >= 11 is 0. The first-order valence-corrected chi connectivity index (χ1v) is 11.6. The molecule has 0 saturated heterocycles. The minimum absolute atomic E-state index is 0. The summed E-state index contributed by atoms with van der Waals surface area (Å²) in [4.78, 5) is 6.13. The molecule has 0 saturated carbocycles. The fourth-order valence-corrected chi connectivity index (χ4v) is 4.22. The van der Waals surface area contributed by atoms with Gasteiger partial charge in [0.25, 0.3) is 0 Å². The molecule has 0 fully saturated rings. The van der Waals surface area contributed by atoms with Gasteiger partial charge in [-0.25, -0.2) is 12.8 Å². The first kappa shape index (κ1) is 27.3. The van der Waals surface area contributed by atoms with Gasteiger partial charge < -0.3 is 10.6 Å². The summed E-state index contributed by atoms with van der Waals surface area (Å²) < 4.78 is 38.4. The highest BCUT2D eigenvalue weighted by atomic mass is 127. The molecule has 31 heavy (non-hydrogen) atoms. The maximum Gasteiger partial charge on any atom is 0.191 e. The van der Waals surface area contributed by atoms with Crippen LogP contribution >= 0.6 is 24.0 Å². The zero-order chi connectivity index (χ0) is 22.0. The molecule has 0 spiro atoms. The molecule has 0 radical (unpaired) electrons. The third-order valence-corrected chi connectivity index (χ3v) is 6.68. The zero-order valence-corrected chi connectivity index (χ0v) is 21.4. The fourth-order valence-electron chi connectivity index (χ4n) is 2.98. The van der Waals surface area contributed by atoms with Gasteiger partial charge in [-0.05, 0) is 38.1 Å². The van der Waals surface area contributed by atoms with Crippen molar-refractivity contribution in [1.29, 1.82) is 0 Å². The molecular formula is C22H32FIN4O2S. The molecule has 6 nitrogen and oxygen atoms in total. The Morgan fingerprint density at radius 3 is 2.32 bits per heavy atom. The van der Waals surface area contributed by atoms with Crippen molar-refractivity contribution in [2.45, 2.75) is 30.8 Å². The Balaban J connectivity index is 0.00000480. The van der Waals surface area contributed by atoms with E-state index in [0.29, 0.717) is 18.5 Å². The predicted molar refractivity (Wildman–Crippen MR) is 135 cm³/mol. The Kier molecular flexibility index (Phi) is 12.0. The fraction of sp³-hybridized carbons (Fsp3) is 0.409. The minimum Gasteiger partial charge on any atom is -0.356 e. The van der Waals surface area contributed by atoms with Gasteiger partial charge in [0.1, 0.15) is 10.7 Å². The molecule has 2 aromatic carbocycles. The third kappa shape index (κ3) is 9.12. The lowest BCUT2D eigenvalue weighted by molar-refractivity contribution is 0.238. The van der Waals surface area contributed by atoms with Crippen molar-refractivity contribution in [1.82, 2.24) is 15.5 Å². The zero-order valence-electron chi connectivity index (χ0n) is 18.2. The van der Waals surface area contributed by atoms with Gasteiger partial charge >= 0.3 is 0 Å². The molecule has 1 unspecified atom stereocenters. The van der Waals surface area contributed by atoms with Gasteiger partial charge in [0.2, 0.25) is 0 Å². The van der Waals surface area contributed by atoms with Crippen LogP contribution in [0.1, 0.15) is 18.9 Å². The van der Waals surface area contributed by atoms with E-state index in [4.69, 9.17) is 0 Å². The first-order chi connectivity index (χ1) is 14.3. The molecule has 2 N–H and O–H groups in total. The smallest absolute Gasteiger partial charge is 0.191 e. The van der Waals surface area contributed by atoms with Gasteiger partial charge in [-0.2, -0.15) is 0 Å². The van der Waals surface area contributed by atoms with Gasteiger partial charge in [0, 0.05) is 32.7 Å². The van der Waals surface area contributed by atoms with E-state index in [1.54, 1.807) is 7.05 Å². The van der Waals surface area contributed by atoms with E-state index in [1.165, 1.54) is 23.8 Å². The molecule has 1 atom stereocenters. The number of nitrogens with one attached hydrogen (secondary N) is 2. The van der Waals surface area contributed by atoms with Crippen molar-refractivity contribution < 1.29 is 12.8 Å². The number of benzene rings is 2. The molecule has 0 aliphatic carbocycles. The highest BCUT2D eigenvalue weighted by Crippen LogP contribution is 2.14. The van der Waals surface area contributed by atoms with E-state index in [0.717, 1.165) is 19.0 Å². The molecule has 172 valence electrons. The number of halogens is 2. The van der Waals surface area contributed by atoms with E-state index in [9.17, 15) is 12.8 Å². The molecular weight excluding hydrogens is 530 g/mol. The maximum atomic E-state index is 13.7. The largest absolute Gasteiger partial charge is 0.356 e. The maximum absolute atomic E-state index is 13.7. The van der Waals surface area contributed by atoms with Crippen LogP contribution in [0.25, 0.3) is 0 Å². The van der Waals surface area contributed by atoms with Crippen molar-refractivity contribution in [2.75, 3.05) is 32.9 Å². The lowest BCUT2D eigenvalue weighted by Crippen LogP contribution is -2.41. The molecule has 2 aromatic rings. The standard InChI is InChI=1S/C22H31FN4O2S.HI/c1-18(27(3)17-19-9-5-4-6-10-19)13-14-25-22(24-2)26-15-16-30(28,29)21-12-8-7-11-20(21)23;/h4-12,18H,13-17H2,1-3H3,(H2,24,25,26);1H. The van der Waals surface area contributed by atoms with Crippen LogP contribution in [0.5, 0.6) is 0 Å². The van der Waals surface area contributed by atoms with Gasteiger partial charge in [0.15, 0.2) is 15.8 Å². The van der Waals surface area contributed by atoms with Crippen molar-refractivity contribution in [2.24, 2.45) is 4.99 Å². The Labute approximate surface area is 202 Å². The van der Waals surface area contributed by atoms with Crippen LogP contribution in [0.3, 0.4) is 0 Å². The summed E-state index contributed by atoms with van der Waals surface area (Å²) in [6.07, 6.45) is 0.900. The Hall–Kier alpha value is -1.72. The van der Waals surface area contributed by atoms with Gasteiger partial charge in [0.05, 0.1) is 5.75 Å². The third-order valence-electron chi connectivity index (χ3n) is 4.94. The second kappa shape index (κ2) is 13.6. The van der Waals surface area contributed by atoms with Crippen LogP contribution in [0.4, 0.5) is 4.39 Å². The van der Waals surface area contributed by atoms with Crippen molar-refractivity contribution >= 4 is 39.8 Å². The number of guanidine groups is 1. The lowest BCUT2D eigenvalue weighted by Gasteiger charge is -2.25. The normalized spacial score (nSPS) is 12.9. The van der Waals surface area contributed by atoms with Crippen LogP contribution in [-0.4, -0.2) is 58.3 Å². The molecule has 0 bridgehead atoms. The van der Waals surface area contributed by atoms with Gasteiger partial charge in [-0.15, -0.1) is 24.0 Å². The van der Waals surface area contributed by atoms with Crippen molar-refractivity contribution in [3.63, 3.8) is 0 Å². The monoisotopic (exact) mass is 562 g/mol. The number of hydrogen-bond acceptors (Lipinski definition) is 4. The SMILES string of the molecule is CN=C(NCCC(C)N(C)Cc1ccccc1)NCCS(=O)(=O)c1ccccc1F.I. The lowest BCUT2D eigenvalue weighted by atomic mass is 10.1. The molecule has 9 heteroatoms. The Bertz CT molecular complexity index is 926. The summed E-state index contributed by atoms with van der Waals surface area (Å²) in [5.74, 6) is -0.421. The summed E-state index contributed by atoms with van der Waals surface area (Å²) in [6.45, 7) is 3.88. The molecule has 0 heterocycles. The first-order valence-electron chi connectivity index (χ1n) is 9.99. The Morgan fingerprint density at radius 1 is 1.06 bits per heavy atom. The molecule has 0 aromatic heterocycles. The summed E-state index contributed by atoms with van der Waals surface area (Å²) in [5.41, 5.74) is 1.27. The number of sulfone groups is 1. The van der Waals surface area contributed by atoms with Crippen LogP contribution in [0, 0.1) is 5.82 Å². The van der Waals surface area contributed by atoms with Gasteiger partial charge in [-0.1, -0.05) is 42.5 Å². The predicted octanol–water partition coefficient (Wildman–Crippen LogP) is 3.29. The quantitative estimate of drug-likeness (QED) is 0.264. The number of hydrogen-bond donors (Lipinski definition) is 2. The molecule has 2 rings (SSSR count). The summed E-state index contributed by atoms with van der Waals surface area (Å²) in [6, 6.07) is 16.1. The second-order valence-electron chi connectivity index (χ2n) is 7.21. The highest BCUT2D eigenvalue weighted by Gasteiger charge is 2.18. The van der Waals surface area contributed by atoms with Crippen molar-refractivity contribution in [3.05, 3.63) is 66.0 Å². The van der Waals surface area contributed by atoms with Crippen LogP contribution in [-0.2, 0) is 16.4 Å². The highest BCUT2D eigenvalue weighted by molar-refractivity contribution is 14.0. The van der Waals surface area contributed by atoms with E-state index in [-0.39, 0.29) is 41.2 Å². The average Bonchev–Trinajstić information content (AvgIpc) is 2.73. The average molecular weight is 562 g/mol. The van der Waals surface area contributed by atoms with Crippen molar-refractivity contribution in [3.8, 4) is 0 Å². The minimum atomic E-state index is -3.70. The van der Waals surface area contributed by atoms with E-state index >= 15 is 0 Å². The van der Waals surface area contributed by atoms with Crippen LogP contribution in [0.2, 0.25) is 0 Å². The number of nitrogens with zero attached hydrogens (tertiary/aromatic N) is 2. The van der Waals surface area contributed by atoms with Crippen LogP contribution < -0.4 is 10.6 Å². The number of aliphatic imine (C=N–C) groups is 1. The summed E-state index contributed by atoms with van der Waals surface area (Å²) in [5, 5.41) is 6.18. The molecule has 0 amide bonds. The second-order valence-corrected chi connectivity index (χ2v) is 9.29.